The summed E-state index contributed by atoms with van der Waals surface area (Å²) in [5.74, 6) is -0.561. The van der Waals surface area contributed by atoms with Crippen molar-refractivity contribution in [1.29, 1.82) is 0 Å². The number of carbonyl (C=O) groups excluding carboxylic acids is 1. The zero-order valence-corrected chi connectivity index (χ0v) is 11.3. The highest BCUT2D eigenvalue weighted by Crippen LogP contribution is 2.29. The van der Waals surface area contributed by atoms with Crippen LogP contribution >= 0.6 is 23.2 Å². The van der Waals surface area contributed by atoms with Gasteiger partial charge in [-0.2, -0.15) is 0 Å². The molecule has 0 heterocycles. The number of alkyl halides is 1. The lowest BCUT2D eigenvalue weighted by molar-refractivity contribution is 0.0947. The van der Waals surface area contributed by atoms with Gasteiger partial charge >= 0.3 is 0 Å². The molecule has 1 aromatic carbocycles. The number of rotatable bonds is 3. The standard InChI is InChI=1S/C13H14Cl2FNO/c14-10-3-1-2-9(10)7-17-13(18)8-4-5-11(15)12(16)6-8/h4-6,9-10H,1-3,7H2,(H,17,18). The number of hydrogen-bond donors (Lipinski definition) is 1. The molecule has 1 aromatic rings. The van der Waals surface area contributed by atoms with Crippen molar-refractivity contribution in [2.45, 2.75) is 24.6 Å². The van der Waals surface area contributed by atoms with Crippen LogP contribution in [0.3, 0.4) is 0 Å². The lowest BCUT2D eigenvalue weighted by Crippen LogP contribution is -2.31. The maximum atomic E-state index is 13.2. The molecule has 2 nitrogen and oxygen atoms in total. The molecular formula is C13H14Cl2FNO. The quantitative estimate of drug-likeness (QED) is 0.846. The Balaban J connectivity index is 1.93. The SMILES string of the molecule is O=C(NCC1CCCC1Cl)c1ccc(Cl)c(F)c1. The van der Waals surface area contributed by atoms with Gasteiger partial charge in [0.2, 0.25) is 0 Å². The Morgan fingerprint density at radius 1 is 1.44 bits per heavy atom. The van der Waals surface area contributed by atoms with Crippen molar-refractivity contribution in [2.24, 2.45) is 5.92 Å². The van der Waals surface area contributed by atoms with Crippen LogP contribution in [0.4, 0.5) is 4.39 Å². The molecule has 18 heavy (non-hydrogen) atoms. The van der Waals surface area contributed by atoms with Crippen molar-refractivity contribution in [1.82, 2.24) is 5.32 Å². The third-order valence-corrected chi connectivity index (χ3v) is 4.15. The zero-order valence-electron chi connectivity index (χ0n) is 9.76. The lowest BCUT2D eigenvalue weighted by atomic mass is 10.1. The number of nitrogens with one attached hydrogen (secondary N) is 1. The first-order valence-corrected chi connectivity index (χ1v) is 6.76. The van der Waals surface area contributed by atoms with Gasteiger partial charge in [-0.15, -0.1) is 11.6 Å². The van der Waals surface area contributed by atoms with Crippen LogP contribution < -0.4 is 5.32 Å². The molecule has 0 saturated heterocycles. The number of hydrogen-bond acceptors (Lipinski definition) is 1. The summed E-state index contributed by atoms with van der Waals surface area (Å²) in [7, 11) is 0. The topological polar surface area (TPSA) is 29.1 Å². The van der Waals surface area contributed by atoms with Crippen LogP contribution in [0.1, 0.15) is 29.6 Å². The van der Waals surface area contributed by atoms with E-state index in [2.05, 4.69) is 5.32 Å². The molecule has 1 amide bonds. The van der Waals surface area contributed by atoms with Crippen molar-refractivity contribution in [3.8, 4) is 0 Å². The minimum Gasteiger partial charge on any atom is -0.352 e. The molecule has 98 valence electrons. The summed E-state index contributed by atoms with van der Waals surface area (Å²) >= 11 is 11.7. The van der Waals surface area contributed by atoms with Gasteiger partial charge in [0.1, 0.15) is 5.82 Å². The summed E-state index contributed by atoms with van der Waals surface area (Å²) in [4.78, 5) is 11.8. The number of halogens is 3. The third-order valence-electron chi connectivity index (χ3n) is 3.27. The van der Waals surface area contributed by atoms with Gasteiger partial charge in [-0.25, -0.2) is 4.39 Å². The van der Waals surface area contributed by atoms with Gasteiger partial charge in [-0.3, -0.25) is 4.79 Å². The lowest BCUT2D eigenvalue weighted by Gasteiger charge is -2.14. The average molecular weight is 290 g/mol. The van der Waals surface area contributed by atoms with E-state index in [0.717, 1.165) is 25.3 Å². The van der Waals surface area contributed by atoms with Gasteiger partial charge in [0.25, 0.3) is 5.91 Å². The van der Waals surface area contributed by atoms with Crippen LogP contribution in [-0.2, 0) is 0 Å². The Morgan fingerprint density at radius 2 is 2.22 bits per heavy atom. The molecule has 0 spiro atoms. The molecule has 0 aliphatic heterocycles. The van der Waals surface area contributed by atoms with E-state index in [-0.39, 0.29) is 21.9 Å². The minimum absolute atomic E-state index is 0.0168. The van der Waals surface area contributed by atoms with Gasteiger partial charge in [-0.1, -0.05) is 18.0 Å². The van der Waals surface area contributed by atoms with Crippen molar-refractivity contribution in [3.63, 3.8) is 0 Å². The molecule has 1 fully saturated rings. The summed E-state index contributed by atoms with van der Waals surface area (Å²) < 4.78 is 13.2. The van der Waals surface area contributed by atoms with Gasteiger partial charge in [0.05, 0.1) is 5.02 Å². The molecule has 0 radical (unpaired) electrons. The van der Waals surface area contributed by atoms with Gasteiger partial charge in [0, 0.05) is 17.5 Å². The predicted octanol–water partition coefficient (Wildman–Crippen LogP) is 3.62. The zero-order chi connectivity index (χ0) is 13.1. The van der Waals surface area contributed by atoms with E-state index < -0.39 is 5.82 Å². The van der Waals surface area contributed by atoms with Crippen molar-refractivity contribution in [3.05, 3.63) is 34.6 Å². The van der Waals surface area contributed by atoms with Crippen LogP contribution in [0.15, 0.2) is 18.2 Å². The van der Waals surface area contributed by atoms with Crippen LogP contribution in [0.25, 0.3) is 0 Å². The summed E-state index contributed by atoms with van der Waals surface area (Å²) in [6.45, 7) is 0.539. The van der Waals surface area contributed by atoms with E-state index in [9.17, 15) is 9.18 Å². The Labute approximate surface area is 115 Å². The highest BCUT2D eigenvalue weighted by molar-refractivity contribution is 6.30. The van der Waals surface area contributed by atoms with Gasteiger partial charge in [0.15, 0.2) is 0 Å². The fraction of sp³-hybridized carbons (Fsp3) is 0.462. The van der Waals surface area contributed by atoms with E-state index in [4.69, 9.17) is 23.2 Å². The second kappa shape index (κ2) is 5.89. The summed E-state index contributed by atoms with van der Waals surface area (Å²) in [5.41, 5.74) is 0.279. The molecule has 1 N–H and O–H groups in total. The summed E-state index contributed by atoms with van der Waals surface area (Å²) in [5, 5.41) is 2.93. The number of benzene rings is 1. The smallest absolute Gasteiger partial charge is 0.251 e. The molecule has 0 bridgehead atoms. The van der Waals surface area contributed by atoms with Gasteiger partial charge in [-0.05, 0) is 37.0 Å². The summed E-state index contributed by atoms with van der Waals surface area (Å²) in [6.07, 6.45) is 3.13. The molecule has 2 rings (SSSR count). The number of amides is 1. The first-order chi connectivity index (χ1) is 8.58. The molecule has 5 heteroatoms. The fourth-order valence-corrected chi connectivity index (χ4v) is 2.67. The second-order valence-corrected chi connectivity index (χ2v) is 5.51. The average Bonchev–Trinajstić information content (AvgIpc) is 2.75. The van der Waals surface area contributed by atoms with Crippen LogP contribution in [0.5, 0.6) is 0 Å². The molecule has 1 saturated carbocycles. The highest BCUT2D eigenvalue weighted by atomic mass is 35.5. The van der Waals surface area contributed by atoms with Crippen molar-refractivity contribution >= 4 is 29.1 Å². The maximum Gasteiger partial charge on any atom is 0.251 e. The van der Waals surface area contributed by atoms with E-state index in [1.54, 1.807) is 0 Å². The molecule has 2 unspecified atom stereocenters. The Bertz CT molecular complexity index is 453. The normalized spacial score (nSPS) is 23.1. The number of carbonyl (C=O) groups is 1. The Kier molecular flexibility index (Phi) is 4.46. The summed E-state index contributed by atoms with van der Waals surface area (Å²) in [6, 6.07) is 4.03. The minimum atomic E-state index is -0.583. The maximum absolute atomic E-state index is 13.2. The molecular weight excluding hydrogens is 276 g/mol. The second-order valence-electron chi connectivity index (χ2n) is 4.55. The fourth-order valence-electron chi connectivity index (χ4n) is 2.18. The van der Waals surface area contributed by atoms with Crippen LogP contribution in [0.2, 0.25) is 5.02 Å². The molecule has 1 aliphatic carbocycles. The highest BCUT2D eigenvalue weighted by Gasteiger charge is 2.25. The Hall–Kier alpha value is -0.800. The van der Waals surface area contributed by atoms with Crippen LogP contribution in [-0.4, -0.2) is 17.8 Å². The largest absolute Gasteiger partial charge is 0.352 e. The van der Waals surface area contributed by atoms with Gasteiger partial charge < -0.3 is 5.32 Å². The van der Waals surface area contributed by atoms with Crippen molar-refractivity contribution < 1.29 is 9.18 Å². The van der Waals surface area contributed by atoms with Crippen molar-refractivity contribution in [2.75, 3.05) is 6.54 Å². The molecule has 2 atom stereocenters. The first kappa shape index (κ1) is 13.6. The van der Waals surface area contributed by atoms with E-state index in [0.29, 0.717) is 12.5 Å². The third kappa shape index (κ3) is 3.15. The van der Waals surface area contributed by atoms with E-state index in [1.165, 1.54) is 12.1 Å². The molecule has 1 aliphatic rings. The predicted molar refractivity (Wildman–Crippen MR) is 70.7 cm³/mol. The van der Waals surface area contributed by atoms with E-state index >= 15 is 0 Å². The van der Waals surface area contributed by atoms with Crippen LogP contribution in [0, 0.1) is 11.7 Å². The monoisotopic (exact) mass is 289 g/mol. The molecule has 0 aromatic heterocycles. The Morgan fingerprint density at radius 3 is 2.83 bits per heavy atom. The van der Waals surface area contributed by atoms with E-state index in [1.807, 2.05) is 0 Å². The first-order valence-electron chi connectivity index (χ1n) is 5.95.